The van der Waals surface area contributed by atoms with Gasteiger partial charge in [-0.1, -0.05) is 24.3 Å². The summed E-state index contributed by atoms with van der Waals surface area (Å²) in [4.78, 5) is 36.0. The average molecular weight is 539 g/mol. The summed E-state index contributed by atoms with van der Waals surface area (Å²) in [5, 5.41) is 11.7. The third kappa shape index (κ3) is 5.20. The van der Waals surface area contributed by atoms with E-state index in [0.717, 1.165) is 33.1 Å². The highest BCUT2D eigenvalue weighted by molar-refractivity contribution is 5.96. The molecule has 4 heterocycles. The number of carbonyl (C=O) groups is 2. The lowest BCUT2D eigenvalue weighted by molar-refractivity contribution is -0.121. The van der Waals surface area contributed by atoms with Crippen LogP contribution in [-0.4, -0.2) is 70.2 Å². The Kier molecular flexibility index (Phi) is 7.05. The van der Waals surface area contributed by atoms with Gasteiger partial charge in [-0.25, -0.2) is 4.98 Å². The molecule has 0 saturated carbocycles. The fourth-order valence-corrected chi connectivity index (χ4v) is 5.19. The molecule has 6 rings (SSSR count). The van der Waals surface area contributed by atoms with E-state index in [4.69, 9.17) is 9.47 Å². The second kappa shape index (κ2) is 11.1. The minimum Gasteiger partial charge on any atom is -0.493 e. The second-order valence-electron chi connectivity index (χ2n) is 9.82. The van der Waals surface area contributed by atoms with Crippen molar-refractivity contribution in [2.24, 2.45) is 0 Å². The van der Waals surface area contributed by atoms with E-state index in [-0.39, 0.29) is 24.1 Å². The number of ether oxygens (including phenoxy) is 2. The van der Waals surface area contributed by atoms with Gasteiger partial charge in [0.15, 0.2) is 17.1 Å². The van der Waals surface area contributed by atoms with Crippen molar-refractivity contribution in [3.8, 4) is 11.5 Å². The number of fused-ring (bicyclic) bond motifs is 6. The van der Waals surface area contributed by atoms with Gasteiger partial charge in [0.05, 0.1) is 26.5 Å². The number of amides is 2. The van der Waals surface area contributed by atoms with E-state index < -0.39 is 0 Å². The molecule has 2 amide bonds. The lowest BCUT2D eigenvalue weighted by Crippen LogP contribution is -2.42. The number of hydrogen-bond acceptors (Lipinski definition) is 6. The van der Waals surface area contributed by atoms with Crippen LogP contribution >= 0.6 is 0 Å². The van der Waals surface area contributed by atoms with Crippen molar-refractivity contribution in [2.75, 3.05) is 33.4 Å². The van der Waals surface area contributed by atoms with Gasteiger partial charge in [0, 0.05) is 41.5 Å². The van der Waals surface area contributed by atoms with Gasteiger partial charge in [0.1, 0.15) is 5.69 Å². The normalized spacial score (nSPS) is 14.9. The molecular weight excluding hydrogens is 508 g/mol. The number of methoxy groups -OCH3 is 1. The number of H-pyrrole nitrogens is 2. The third-order valence-electron chi connectivity index (χ3n) is 7.18. The smallest absolute Gasteiger partial charge is 0.273 e. The molecule has 0 saturated heterocycles. The van der Waals surface area contributed by atoms with Gasteiger partial charge in [-0.15, -0.1) is 0 Å². The van der Waals surface area contributed by atoms with Gasteiger partial charge in [-0.2, -0.15) is 5.10 Å². The van der Waals surface area contributed by atoms with Crippen LogP contribution in [0.15, 0.2) is 60.8 Å². The highest BCUT2D eigenvalue weighted by atomic mass is 16.5. The first-order valence-corrected chi connectivity index (χ1v) is 13.3. The largest absolute Gasteiger partial charge is 0.493 e. The zero-order chi connectivity index (χ0) is 27.5. The Morgan fingerprint density at radius 3 is 2.92 bits per heavy atom. The number of nitrogens with one attached hydrogen (secondary N) is 3. The Balaban J connectivity index is 1.30. The molecule has 0 spiro atoms. The van der Waals surface area contributed by atoms with Crippen LogP contribution in [0.2, 0.25) is 0 Å². The summed E-state index contributed by atoms with van der Waals surface area (Å²) in [5.74, 6) is 0.737. The van der Waals surface area contributed by atoms with Gasteiger partial charge in [0.2, 0.25) is 5.91 Å². The standard InChI is InChI=1S/C30H30N6O4/c1-39-26-10-7-19-15-25-22(21-5-2-3-6-23(21)33-25)11-12-31-28(37)18-36(13-4-14-40-27(26)16-19)30(38)24-9-8-20-17-32-35-29(20)34-24/h2-3,5-10,16-17,33H,4,11-15,18H2,1H3,(H,31,37)(H,32,34,35). The summed E-state index contributed by atoms with van der Waals surface area (Å²) in [6, 6.07) is 17.6. The van der Waals surface area contributed by atoms with Crippen molar-refractivity contribution < 1.29 is 19.1 Å². The molecule has 0 radical (unpaired) electrons. The summed E-state index contributed by atoms with van der Waals surface area (Å²) in [5.41, 5.74) is 5.16. The van der Waals surface area contributed by atoms with Gasteiger partial charge in [0.25, 0.3) is 5.91 Å². The molecule has 5 aromatic rings. The van der Waals surface area contributed by atoms with Gasteiger partial charge >= 0.3 is 0 Å². The van der Waals surface area contributed by atoms with E-state index >= 15 is 0 Å². The van der Waals surface area contributed by atoms with Crippen molar-refractivity contribution in [1.29, 1.82) is 0 Å². The van der Waals surface area contributed by atoms with Gasteiger partial charge in [-0.3, -0.25) is 14.7 Å². The summed E-state index contributed by atoms with van der Waals surface area (Å²) in [7, 11) is 1.62. The fraction of sp³-hybridized carbons (Fsp3) is 0.267. The summed E-state index contributed by atoms with van der Waals surface area (Å²) in [6.45, 7) is 1.03. The van der Waals surface area contributed by atoms with Crippen LogP contribution < -0.4 is 14.8 Å². The van der Waals surface area contributed by atoms with E-state index in [1.807, 2.05) is 30.3 Å². The molecule has 2 aromatic carbocycles. The number of rotatable bonds is 2. The Hall–Kier alpha value is -4.86. The van der Waals surface area contributed by atoms with Crippen LogP contribution in [0.4, 0.5) is 0 Å². The average Bonchev–Trinajstić information content (AvgIpc) is 3.58. The van der Waals surface area contributed by atoms with Crippen LogP contribution in [0.25, 0.3) is 21.9 Å². The Morgan fingerprint density at radius 2 is 2.02 bits per heavy atom. The molecule has 40 heavy (non-hydrogen) atoms. The number of para-hydroxylation sites is 1. The van der Waals surface area contributed by atoms with E-state index in [0.29, 0.717) is 56.1 Å². The number of aromatic nitrogens is 4. The number of pyridine rings is 1. The lowest BCUT2D eigenvalue weighted by atomic mass is 10.0. The molecule has 3 aromatic heterocycles. The first-order valence-electron chi connectivity index (χ1n) is 13.3. The summed E-state index contributed by atoms with van der Waals surface area (Å²) in [6.07, 6.45) is 3.51. The minimum atomic E-state index is -0.328. The quantitative estimate of drug-likeness (QED) is 0.315. The maximum atomic E-state index is 13.5. The molecule has 2 bridgehead atoms. The van der Waals surface area contributed by atoms with Gasteiger partial charge in [-0.05, 0) is 54.3 Å². The Labute approximate surface area is 230 Å². The number of nitrogens with zero attached hydrogens (tertiary/aromatic N) is 3. The van der Waals surface area contributed by atoms with E-state index in [2.05, 4.69) is 37.6 Å². The van der Waals surface area contributed by atoms with Crippen molar-refractivity contribution in [2.45, 2.75) is 19.3 Å². The Morgan fingerprint density at radius 1 is 1.12 bits per heavy atom. The predicted molar refractivity (Wildman–Crippen MR) is 151 cm³/mol. The van der Waals surface area contributed by atoms with Crippen LogP contribution in [0.3, 0.4) is 0 Å². The van der Waals surface area contributed by atoms with E-state index in [1.54, 1.807) is 25.4 Å². The molecule has 0 aliphatic carbocycles. The van der Waals surface area contributed by atoms with Crippen LogP contribution in [0.1, 0.15) is 33.7 Å². The molecular formula is C30H30N6O4. The highest BCUT2D eigenvalue weighted by Gasteiger charge is 2.21. The third-order valence-corrected chi connectivity index (χ3v) is 7.18. The molecule has 204 valence electrons. The number of carbonyl (C=O) groups excluding carboxylic acids is 2. The zero-order valence-electron chi connectivity index (χ0n) is 22.2. The first kappa shape index (κ1) is 25.4. The molecule has 0 unspecified atom stereocenters. The van der Waals surface area contributed by atoms with Crippen LogP contribution in [0, 0.1) is 0 Å². The maximum absolute atomic E-state index is 13.5. The number of benzene rings is 2. The summed E-state index contributed by atoms with van der Waals surface area (Å²) >= 11 is 0. The number of hydrogen-bond donors (Lipinski definition) is 3. The molecule has 3 N–H and O–H groups in total. The highest BCUT2D eigenvalue weighted by Crippen LogP contribution is 2.31. The molecule has 0 fully saturated rings. The predicted octanol–water partition coefficient (Wildman–Crippen LogP) is 3.62. The van der Waals surface area contributed by atoms with Crippen molar-refractivity contribution >= 4 is 33.8 Å². The first-order chi connectivity index (χ1) is 19.6. The minimum absolute atomic E-state index is 0.0823. The fourth-order valence-electron chi connectivity index (χ4n) is 5.19. The maximum Gasteiger partial charge on any atom is 0.273 e. The summed E-state index contributed by atoms with van der Waals surface area (Å²) < 4.78 is 11.7. The van der Waals surface area contributed by atoms with Crippen molar-refractivity contribution in [1.82, 2.24) is 30.4 Å². The molecule has 10 heteroatoms. The Bertz CT molecular complexity index is 1690. The van der Waals surface area contributed by atoms with Crippen molar-refractivity contribution in [3.05, 3.63) is 83.3 Å². The second-order valence-corrected chi connectivity index (χ2v) is 9.82. The number of aromatic amines is 2. The molecule has 0 atom stereocenters. The van der Waals surface area contributed by atoms with E-state index in [1.165, 1.54) is 4.90 Å². The van der Waals surface area contributed by atoms with Crippen molar-refractivity contribution in [3.63, 3.8) is 0 Å². The lowest BCUT2D eigenvalue weighted by Gasteiger charge is -2.22. The molecule has 1 aliphatic rings. The zero-order valence-corrected chi connectivity index (χ0v) is 22.2. The topological polar surface area (TPSA) is 125 Å². The SMILES string of the molecule is COc1ccc2cc1OCCCN(C(=O)c1ccc3cn[nH]c3n1)CC(=O)NCCc1c([nH]c3ccccc13)C2. The van der Waals surface area contributed by atoms with Crippen LogP contribution in [0.5, 0.6) is 11.5 Å². The molecule has 10 nitrogen and oxygen atoms in total. The van der Waals surface area contributed by atoms with Gasteiger partial charge < -0.3 is 24.7 Å². The van der Waals surface area contributed by atoms with E-state index in [9.17, 15) is 9.59 Å². The molecule has 1 aliphatic heterocycles. The monoisotopic (exact) mass is 538 g/mol. The van der Waals surface area contributed by atoms with Crippen LogP contribution in [-0.2, 0) is 17.6 Å².